The predicted molar refractivity (Wildman–Crippen MR) is 88.3 cm³/mol. The molecule has 23 heavy (non-hydrogen) atoms. The standard InChI is InChI=1S/C14H15Cl3N4O2/c1-21-3-2-18-6-11(21)14-19-13(23-20-14)7-22-12-5-9(16)8(15)4-10(12)17/h4-5,11,18H,2-3,6-7H2,1H3. The Morgan fingerprint density at radius 2 is 2.09 bits per heavy atom. The lowest BCUT2D eigenvalue weighted by molar-refractivity contribution is 0.189. The molecule has 2 aromatic rings. The van der Waals surface area contributed by atoms with Crippen molar-refractivity contribution in [3.8, 4) is 5.75 Å². The first-order chi connectivity index (χ1) is 11.0. The highest BCUT2D eigenvalue weighted by Crippen LogP contribution is 2.34. The predicted octanol–water partition coefficient (Wildman–Crippen LogP) is 3.18. The van der Waals surface area contributed by atoms with E-state index in [1.807, 2.05) is 7.05 Å². The molecule has 1 saturated heterocycles. The number of nitrogens with one attached hydrogen (secondary N) is 1. The minimum absolute atomic E-state index is 0.0924. The third kappa shape index (κ3) is 3.89. The number of likely N-dealkylation sites (N-methyl/N-ethyl adjacent to an activating group) is 1. The van der Waals surface area contributed by atoms with Crippen molar-refractivity contribution in [3.05, 3.63) is 38.9 Å². The molecular formula is C14H15Cl3N4O2. The zero-order chi connectivity index (χ0) is 16.4. The van der Waals surface area contributed by atoms with Gasteiger partial charge in [-0.1, -0.05) is 40.0 Å². The van der Waals surface area contributed by atoms with E-state index < -0.39 is 0 Å². The van der Waals surface area contributed by atoms with Crippen molar-refractivity contribution < 1.29 is 9.26 Å². The maximum atomic E-state index is 6.06. The zero-order valence-corrected chi connectivity index (χ0v) is 14.6. The largest absolute Gasteiger partial charge is 0.482 e. The summed E-state index contributed by atoms with van der Waals surface area (Å²) in [7, 11) is 2.04. The van der Waals surface area contributed by atoms with E-state index in [9.17, 15) is 0 Å². The minimum Gasteiger partial charge on any atom is -0.482 e. The van der Waals surface area contributed by atoms with E-state index in [0.717, 1.165) is 19.6 Å². The summed E-state index contributed by atoms with van der Waals surface area (Å²) in [5, 5.41) is 8.45. The maximum Gasteiger partial charge on any atom is 0.264 e. The van der Waals surface area contributed by atoms with Crippen LogP contribution in [0.5, 0.6) is 5.75 Å². The molecule has 124 valence electrons. The number of nitrogens with zero attached hydrogens (tertiary/aromatic N) is 3. The Balaban J connectivity index is 1.66. The second-order valence-corrected chi connectivity index (χ2v) is 6.45. The normalized spacial score (nSPS) is 19.0. The molecule has 0 spiro atoms. The van der Waals surface area contributed by atoms with Crippen molar-refractivity contribution in [1.82, 2.24) is 20.4 Å². The monoisotopic (exact) mass is 376 g/mol. The molecule has 6 nitrogen and oxygen atoms in total. The van der Waals surface area contributed by atoms with Crippen LogP contribution in [0.25, 0.3) is 0 Å². The molecule has 1 aliphatic heterocycles. The molecule has 0 radical (unpaired) electrons. The Morgan fingerprint density at radius 3 is 2.87 bits per heavy atom. The lowest BCUT2D eigenvalue weighted by Gasteiger charge is -2.30. The molecule has 1 aliphatic rings. The summed E-state index contributed by atoms with van der Waals surface area (Å²) in [6.45, 7) is 2.78. The van der Waals surface area contributed by atoms with Gasteiger partial charge < -0.3 is 14.6 Å². The van der Waals surface area contributed by atoms with Gasteiger partial charge in [0.25, 0.3) is 5.89 Å². The Bertz CT molecular complexity index is 695. The molecule has 1 aromatic heterocycles. The average molecular weight is 378 g/mol. The zero-order valence-electron chi connectivity index (χ0n) is 12.4. The fourth-order valence-corrected chi connectivity index (χ4v) is 2.90. The van der Waals surface area contributed by atoms with Gasteiger partial charge in [-0.2, -0.15) is 4.98 Å². The summed E-state index contributed by atoms with van der Waals surface area (Å²) in [5.74, 6) is 1.43. The second-order valence-electron chi connectivity index (χ2n) is 5.23. The van der Waals surface area contributed by atoms with Crippen LogP contribution in [0.4, 0.5) is 0 Å². The summed E-state index contributed by atoms with van der Waals surface area (Å²) >= 11 is 17.9. The fourth-order valence-electron chi connectivity index (χ4n) is 2.31. The Labute approximate surface area is 148 Å². The van der Waals surface area contributed by atoms with Crippen LogP contribution in [-0.2, 0) is 6.61 Å². The number of aromatic nitrogens is 2. The molecule has 1 N–H and O–H groups in total. The van der Waals surface area contributed by atoms with Crippen LogP contribution in [0, 0.1) is 0 Å². The first-order valence-corrected chi connectivity index (χ1v) is 8.19. The topological polar surface area (TPSA) is 63.4 Å². The summed E-state index contributed by atoms with van der Waals surface area (Å²) in [6.07, 6.45) is 0. The van der Waals surface area contributed by atoms with E-state index in [1.165, 1.54) is 6.07 Å². The molecule has 0 amide bonds. The van der Waals surface area contributed by atoms with Gasteiger partial charge in [-0.05, 0) is 13.1 Å². The van der Waals surface area contributed by atoms with Crippen molar-refractivity contribution in [3.63, 3.8) is 0 Å². The van der Waals surface area contributed by atoms with Crippen LogP contribution in [0.1, 0.15) is 17.8 Å². The number of halogens is 3. The third-order valence-corrected chi connectivity index (χ3v) is 4.64. The molecule has 0 aliphatic carbocycles. The van der Waals surface area contributed by atoms with Crippen molar-refractivity contribution in [2.24, 2.45) is 0 Å². The third-order valence-electron chi connectivity index (χ3n) is 3.62. The highest BCUT2D eigenvalue weighted by Gasteiger charge is 2.25. The van der Waals surface area contributed by atoms with E-state index in [-0.39, 0.29) is 12.6 Å². The van der Waals surface area contributed by atoms with E-state index in [0.29, 0.717) is 32.5 Å². The SMILES string of the molecule is CN1CCNCC1c1noc(COc2cc(Cl)c(Cl)cc2Cl)n1. The van der Waals surface area contributed by atoms with Crippen molar-refractivity contribution >= 4 is 34.8 Å². The molecule has 0 bridgehead atoms. The van der Waals surface area contributed by atoms with E-state index >= 15 is 0 Å². The van der Waals surface area contributed by atoms with Crippen LogP contribution in [-0.4, -0.2) is 41.7 Å². The van der Waals surface area contributed by atoms with Crippen LogP contribution in [0.3, 0.4) is 0 Å². The van der Waals surface area contributed by atoms with E-state index in [1.54, 1.807) is 6.07 Å². The Morgan fingerprint density at radius 1 is 1.30 bits per heavy atom. The maximum absolute atomic E-state index is 6.06. The van der Waals surface area contributed by atoms with Gasteiger partial charge in [0.2, 0.25) is 0 Å². The summed E-state index contributed by atoms with van der Waals surface area (Å²) < 4.78 is 10.8. The van der Waals surface area contributed by atoms with Gasteiger partial charge >= 0.3 is 0 Å². The number of ether oxygens (including phenoxy) is 1. The van der Waals surface area contributed by atoms with Crippen LogP contribution < -0.4 is 10.1 Å². The van der Waals surface area contributed by atoms with Crippen LogP contribution >= 0.6 is 34.8 Å². The molecule has 9 heteroatoms. The first-order valence-electron chi connectivity index (χ1n) is 7.05. The molecule has 2 heterocycles. The van der Waals surface area contributed by atoms with Gasteiger partial charge in [0.15, 0.2) is 12.4 Å². The highest BCUT2D eigenvalue weighted by atomic mass is 35.5. The number of hydrogen-bond donors (Lipinski definition) is 1. The lowest BCUT2D eigenvalue weighted by atomic mass is 10.2. The molecule has 0 saturated carbocycles. The second kappa shape index (κ2) is 7.23. The van der Waals surface area contributed by atoms with Crippen molar-refractivity contribution in [2.75, 3.05) is 26.7 Å². The molecule has 1 unspecified atom stereocenters. The Hall–Kier alpha value is -1.05. The van der Waals surface area contributed by atoms with Gasteiger partial charge in [-0.3, -0.25) is 4.90 Å². The molecule has 3 rings (SSSR count). The van der Waals surface area contributed by atoms with Gasteiger partial charge in [0, 0.05) is 25.7 Å². The number of hydrogen-bond acceptors (Lipinski definition) is 6. The molecule has 1 aromatic carbocycles. The van der Waals surface area contributed by atoms with Gasteiger partial charge in [-0.25, -0.2) is 0 Å². The summed E-state index contributed by atoms with van der Waals surface area (Å²) in [5.41, 5.74) is 0. The first kappa shape index (κ1) is 16.8. The molecule has 1 atom stereocenters. The quantitative estimate of drug-likeness (QED) is 0.826. The van der Waals surface area contributed by atoms with E-state index in [4.69, 9.17) is 44.1 Å². The van der Waals surface area contributed by atoms with Crippen LogP contribution in [0.2, 0.25) is 15.1 Å². The average Bonchev–Trinajstić information content (AvgIpc) is 2.99. The van der Waals surface area contributed by atoms with Crippen molar-refractivity contribution in [2.45, 2.75) is 12.6 Å². The summed E-state index contributed by atoms with van der Waals surface area (Å²) in [6, 6.07) is 3.18. The smallest absolute Gasteiger partial charge is 0.264 e. The van der Waals surface area contributed by atoms with E-state index in [2.05, 4.69) is 20.4 Å². The van der Waals surface area contributed by atoms with Crippen molar-refractivity contribution in [1.29, 1.82) is 0 Å². The van der Waals surface area contributed by atoms with Gasteiger partial charge in [0.05, 0.1) is 21.1 Å². The molecule has 1 fully saturated rings. The van der Waals surface area contributed by atoms with Crippen LogP contribution in [0.15, 0.2) is 16.7 Å². The van der Waals surface area contributed by atoms with Gasteiger partial charge in [-0.15, -0.1) is 0 Å². The fraction of sp³-hybridized carbons (Fsp3) is 0.429. The number of piperazine rings is 1. The highest BCUT2D eigenvalue weighted by molar-refractivity contribution is 6.43. The van der Waals surface area contributed by atoms with Gasteiger partial charge in [0.1, 0.15) is 5.75 Å². The lowest BCUT2D eigenvalue weighted by Crippen LogP contribution is -2.44. The summed E-state index contributed by atoms with van der Waals surface area (Å²) in [4.78, 5) is 6.56. The minimum atomic E-state index is 0.0924. The number of rotatable bonds is 4. The molecular weight excluding hydrogens is 363 g/mol. The number of benzene rings is 1. The Kier molecular flexibility index (Phi) is 5.28.